The molecule has 5 heteroatoms. The Balaban J connectivity index is 2.31. The van der Waals surface area contributed by atoms with Gasteiger partial charge in [-0.15, -0.1) is 0 Å². The molecule has 0 spiro atoms. The van der Waals surface area contributed by atoms with Crippen LogP contribution in [0.5, 0.6) is 0 Å². The Hall–Kier alpha value is -2.58. The highest BCUT2D eigenvalue weighted by Crippen LogP contribution is 2.18. The Morgan fingerprint density at radius 1 is 1.45 bits per heavy atom. The third kappa shape index (κ3) is 3.05. The number of hydrogen-bond donors (Lipinski definition) is 2. The molecule has 0 bridgehead atoms. The van der Waals surface area contributed by atoms with Crippen LogP contribution in [0.1, 0.15) is 27.4 Å². The molecule has 1 aromatic heterocycles. The van der Waals surface area contributed by atoms with E-state index in [-0.39, 0.29) is 18.2 Å². The average Bonchev–Trinajstić information content (AvgIpc) is 2.84. The molecule has 3 N–H and O–H groups in total. The Morgan fingerprint density at radius 2 is 2.25 bits per heavy atom. The van der Waals surface area contributed by atoms with E-state index in [1.165, 1.54) is 6.39 Å². The maximum atomic E-state index is 12.1. The van der Waals surface area contributed by atoms with Crippen molar-refractivity contribution in [3.63, 3.8) is 0 Å². The van der Waals surface area contributed by atoms with Crippen LogP contribution in [0, 0.1) is 25.7 Å². The SMILES string of the molecule is Cc1ccc(C#CCN)c(NC(=O)c2ocnc2C)c1. The van der Waals surface area contributed by atoms with Gasteiger partial charge in [-0.3, -0.25) is 4.79 Å². The first-order valence-electron chi connectivity index (χ1n) is 6.13. The lowest BCUT2D eigenvalue weighted by atomic mass is 10.1. The predicted octanol–water partition coefficient (Wildman–Crippen LogP) is 1.85. The zero-order chi connectivity index (χ0) is 14.5. The first-order chi connectivity index (χ1) is 9.61. The summed E-state index contributed by atoms with van der Waals surface area (Å²) in [5.74, 6) is 5.56. The fraction of sp³-hybridized carbons (Fsp3) is 0.200. The van der Waals surface area contributed by atoms with E-state index in [1.807, 2.05) is 25.1 Å². The number of aromatic nitrogens is 1. The fourth-order valence-electron chi connectivity index (χ4n) is 1.72. The molecule has 1 aromatic carbocycles. The molecule has 0 aliphatic carbocycles. The van der Waals surface area contributed by atoms with Gasteiger partial charge in [-0.1, -0.05) is 17.9 Å². The largest absolute Gasteiger partial charge is 0.438 e. The summed E-state index contributed by atoms with van der Waals surface area (Å²) >= 11 is 0. The number of anilines is 1. The molecule has 0 radical (unpaired) electrons. The van der Waals surface area contributed by atoms with E-state index in [1.54, 1.807) is 6.92 Å². The zero-order valence-electron chi connectivity index (χ0n) is 11.4. The van der Waals surface area contributed by atoms with Crippen molar-refractivity contribution < 1.29 is 9.21 Å². The number of nitrogens with one attached hydrogen (secondary N) is 1. The maximum absolute atomic E-state index is 12.1. The molecule has 0 saturated heterocycles. The number of aryl methyl sites for hydroxylation is 2. The van der Waals surface area contributed by atoms with E-state index in [0.717, 1.165) is 5.56 Å². The highest BCUT2D eigenvalue weighted by atomic mass is 16.3. The minimum Gasteiger partial charge on any atom is -0.438 e. The van der Waals surface area contributed by atoms with Gasteiger partial charge in [0.15, 0.2) is 6.39 Å². The molecule has 20 heavy (non-hydrogen) atoms. The number of amides is 1. The number of hydrogen-bond acceptors (Lipinski definition) is 4. The van der Waals surface area contributed by atoms with E-state index in [9.17, 15) is 4.79 Å². The number of nitrogens with zero attached hydrogens (tertiary/aromatic N) is 1. The van der Waals surface area contributed by atoms with Crippen LogP contribution in [0.2, 0.25) is 0 Å². The van der Waals surface area contributed by atoms with Crippen LogP contribution < -0.4 is 11.1 Å². The van der Waals surface area contributed by atoms with Crippen LogP contribution in [-0.2, 0) is 0 Å². The summed E-state index contributed by atoms with van der Waals surface area (Å²) in [5, 5.41) is 2.79. The van der Waals surface area contributed by atoms with Gasteiger partial charge in [-0.2, -0.15) is 0 Å². The van der Waals surface area contributed by atoms with Crippen molar-refractivity contribution in [1.29, 1.82) is 0 Å². The van der Waals surface area contributed by atoms with Gasteiger partial charge in [0.25, 0.3) is 5.91 Å². The Morgan fingerprint density at radius 3 is 2.90 bits per heavy atom. The summed E-state index contributed by atoms with van der Waals surface area (Å²) in [7, 11) is 0. The van der Waals surface area contributed by atoms with E-state index in [2.05, 4.69) is 22.1 Å². The lowest BCUT2D eigenvalue weighted by Gasteiger charge is -2.07. The van der Waals surface area contributed by atoms with Crippen molar-refractivity contribution in [2.24, 2.45) is 5.73 Å². The van der Waals surface area contributed by atoms with Crippen molar-refractivity contribution in [1.82, 2.24) is 4.98 Å². The van der Waals surface area contributed by atoms with Gasteiger partial charge in [-0.25, -0.2) is 4.98 Å². The van der Waals surface area contributed by atoms with Crippen LogP contribution in [0.3, 0.4) is 0 Å². The van der Waals surface area contributed by atoms with Gasteiger partial charge in [0.1, 0.15) is 0 Å². The lowest BCUT2D eigenvalue weighted by Crippen LogP contribution is -2.13. The summed E-state index contributed by atoms with van der Waals surface area (Å²) in [4.78, 5) is 16.0. The topological polar surface area (TPSA) is 81.1 Å². The number of rotatable bonds is 2. The molecule has 2 aromatic rings. The monoisotopic (exact) mass is 269 g/mol. The summed E-state index contributed by atoms with van der Waals surface area (Å²) in [6, 6.07) is 5.63. The summed E-state index contributed by atoms with van der Waals surface area (Å²) in [5.41, 5.74) is 8.28. The van der Waals surface area contributed by atoms with E-state index < -0.39 is 0 Å². The molecule has 102 valence electrons. The molecule has 0 aliphatic heterocycles. The fourth-order valence-corrected chi connectivity index (χ4v) is 1.72. The van der Waals surface area contributed by atoms with Gasteiger partial charge in [0.2, 0.25) is 5.76 Å². The Labute approximate surface area is 117 Å². The Bertz CT molecular complexity index is 693. The second kappa shape index (κ2) is 6.04. The maximum Gasteiger partial charge on any atom is 0.293 e. The Kier molecular flexibility index (Phi) is 4.18. The zero-order valence-corrected chi connectivity index (χ0v) is 11.4. The van der Waals surface area contributed by atoms with Gasteiger partial charge in [0, 0.05) is 5.56 Å². The van der Waals surface area contributed by atoms with Gasteiger partial charge in [-0.05, 0) is 31.5 Å². The smallest absolute Gasteiger partial charge is 0.293 e. The molecular weight excluding hydrogens is 254 g/mol. The second-order valence-electron chi connectivity index (χ2n) is 4.28. The van der Waals surface area contributed by atoms with E-state index in [0.29, 0.717) is 16.9 Å². The van der Waals surface area contributed by atoms with Crippen LogP contribution in [0.4, 0.5) is 5.69 Å². The third-order valence-electron chi connectivity index (χ3n) is 2.70. The predicted molar refractivity (Wildman–Crippen MR) is 76.3 cm³/mol. The standard InChI is InChI=1S/C15H15N3O2/c1-10-5-6-12(4-3-7-16)13(8-10)18-15(19)14-11(2)17-9-20-14/h5-6,8-9H,7,16H2,1-2H3,(H,18,19). The summed E-state index contributed by atoms with van der Waals surface area (Å²) in [6.45, 7) is 3.92. The first-order valence-corrected chi connectivity index (χ1v) is 6.13. The average molecular weight is 269 g/mol. The summed E-state index contributed by atoms with van der Waals surface area (Å²) < 4.78 is 5.07. The summed E-state index contributed by atoms with van der Waals surface area (Å²) in [6.07, 6.45) is 1.25. The van der Waals surface area contributed by atoms with Crippen molar-refractivity contribution in [3.8, 4) is 11.8 Å². The normalized spacial score (nSPS) is 9.75. The minimum absolute atomic E-state index is 0.198. The van der Waals surface area contributed by atoms with Crippen molar-refractivity contribution in [3.05, 3.63) is 47.2 Å². The van der Waals surface area contributed by atoms with Crippen LogP contribution >= 0.6 is 0 Å². The third-order valence-corrected chi connectivity index (χ3v) is 2.70. The lowest BCUT2D eigenvalue weighted by molar-refractivity contribution is 0.0996. The van der Waals surface area contributed by atoms with Crippen LogP contribution in [-0.4, -0.2) is 17.4 Å². The molecule has 0 aliphatic rings. The molecule has 1 heterocycles. The van der Waals surface area contributed by atoms with E-state index in [4.69, 9.17) is 10.2 Å². The van der Waals surface area contributed by atoms with Crippen molar-refractivity contribution in [2.75, 3.05) is 11.9 Å². The number of benzene rings is 1. The molecule has 0 atom stereocenters. The molecule has 2 rings (SSSR count). The minimum atomic E-state index is -0.346. The van der Waals surface area contributed by atoms with Gasteiger partial charge in [0.05, 0.1) is 17.9 Å². The molecule has 5 nitrogen and oxygen atoms in total. The highest BCUT2D eigenvalue weighted by molar-refractivity contribution is 6.03. The first kappa shape index (κ1) is 13.8. The quantitative estimate of drug-likeness (QED) is 0.815. The van der Waals surface area contributed by atoms with Crippen LogP contribution in [0.15, 0.2) is 29.0 Å². The molecule has 1 amide bonds. The van der Waals surface area contributed by atoms with Gasteiger partial charge >= 0.3 is 0 Å². The van der Waals surface area contributed by atoms with Crippen molar-refractivity contribution >= 4 is 11.6 Å². The number of carbonyl (C=O) groups is 1. The van der Waals surface area contributed by atoms with Gasteiger partial charge < -0.3 is 15.5 Å². The number of oxazole rings is 1. The number of carbonyl (C=O) groups excluding carboxylic acids is 1. The van der Waals surface area contributed by atoms with Crippen molar-refractivity contribution in [2.45, 2.75) is 13.8 Å². The highest BCUT2D eigenvalue weighted by Gasteiger charge is 2.15. The molecule has 0 saturated carbocycles. The second-order valence-corrected chi connectivity index (χ2v) is 4.28. The molecule has 0 fully saturated rings. The number of nitrogens with two attached hydrogens (primary N) is 1. The molecular formula is C15H15N3O2. The molecule has 0 unspecified atom stereocenters. The van der Waals surface area contributed by atoms with Crippen LogP contribution in [0.25, 0.3) is 0 Å². The van der Waals surface area contributed by atoms with E-state index >= 15 is 0 Å².